The van der Waals surface area contributed by atoms with Gasteiger partial charge in [-0.1, -0.05) is 0 Å². The van der Waals surface area contributed by atoms with Gasteiger partial charge in [0.1, 0.15) is 0 Å². The van der Waals surface area contributed by atoms with Gasteiger partial charge in [-0.15, -0.1) is 0 Å². The molecule has 2 aromatic carbocycles. The first-order valence-electron chi connectivity index (χ1n) is 6.35. The van der Waals surface area contributed by atoms with Crippen molar-refractivity contribution in [3.8, 4) is 0 Å². The molecule has 0 radical (unpaired) electrons. The van der Waals surface area contributed by atoms with E-state index < -0.39 is 17.7 Å². The molecule has 0 atom stereocenters. The molecule has 0 heterocycles. The van der Waals surface area contributed by atoms with E-state index in [0.717, 1.165) is 12.1 Å². The first-order valence-corrected chi connectivity index (χ1v) is 6.35. The van der Waals surface area contributed by atoms with Crippen LogP contribution in [0.4, 0.5) is 30.6 Å². The maximum Gasteiger partial charge on any atom is 0.323 e. The van der Waals surface area contributed by atoms with Crippen molar-refractivity contribution in [1.29, 1.82) is 0 Å². The summed E-state index contributed by atoms with van der Waals surface area (Å²) in [5, 5.41) is 7.50. The van der Waals surface area contributed by atoms with Crippen LogP contribution in [-0.4, -0.2) is 11.9 Å². The van der Waals surface area contributed by atoms with Gasteiger partial charge >= 0.3 is 6.03 Å². The van der Waals surface area contributed by atoms with Crippen molar-refractivity contribution in [3.63, 3.8) is 0 Å². The van der Waals surface area contributed by atoms with Gasteiger partial charge in [-0.25, -0.2) is 13.6 Å². The summed E-state index contributed by atoms with van der Waals surface area (Å²) < 4.78 is 25.8. The van der Waals surface area contributed by atoms with Gasteiger partial charge in [-0.05, 0) is 36.4 Å². The van der Waals surface area contributed by atoms with Gasteiger partial charge in [0, 0.05) is 30.1 Å². The second-order valence-electron chi connectivity index (χ2n) is 4.47. The molecule has 7 heteroatoms. The number of halogens is 2. The lowest BCUT2D eigenvalue weighted by molar-refractivity contribution is -0.114. The van der Waals surface area contributed by atoms with Gasteiger partial charge in [0.15, 0.2) is 11.6 Å². The minimum absolute atomic E-state index is 0.131. The Bertz CT molecular complexity index is 702. The van der Waals surface area contributed by atoms with Crippen LogP contribution in [0.5, 0.6) is 0 Å². The smallest absolute Gasteiger partial charge is 0.323 e. The maximum atomic E-state index is 13.0. The molecule has 114 valence electrons. The Kier molecular flexibility index (Phi) is 4.67. The lowest BCUT2D eigenvalue weighted by Crippen LogP contribution is -2.19. The predicted molar refractivity (Wildman–Crippen MR) is 79.7 cm³/mol. The molecule has 0 spiro atoms. The summed E-state index contributed by atoms with van der Waals surface area (Å²) in [6.45, 7) is 1.39. The number of benzene rings is 2. The van der Waals surface area contributed by atoms with Crippen LogP contribution in [0.15, 0.2) is 42.5 Å². The van der Waals surface area contributed by atoms with E-state index in [1.807, 2.05) is 0 Å². The van der Waals surface area contributed by atoms with Gasteiger partial charge in [-0.3, -0.25) is 4.79 Å². The molecule has 0 bridgehead atoms. The normalized spacial score (nSPS) is 9.95. The topological polar surface area (TPSA) is 70.2 Å². The summed E-state index contributed by atoms with van der Waals surface area (Å²) in [4.78, 5) is 22.6. The second kappa shape index (κ2) is 6.66. The van der Waals surface area contributed by atoms with Crippen molar-refractivity contribution >= 4 is 29.0 Å². The molecule has 0 unspecified atom stereocenters. The summed E-state index contributed by atoms with van der Waals surface area (Å²) in [7, 11) is 0. The zero-order chi connectivity index (χ0) is 16.1. The molecule has 22 heavy (non-hydrogen) atoms. The van der Waals surface area contributed by atoms with Crippen molar-refractivity contribution in [3.05, 3.63) is 54.1 Å². The Labute approximate surface area is 125 Å². The van der Waals surface area contributed by atoms with E-state index in [2.05, 4.69) is 16.0 Å². The SMILES string of the molecule is CC(=O)Nc1ccc(NC(=O)Nc2ccc(F)c(F)c2)cc1. The number of amides is 3. The second-order valence-corrected chi connectivity index (χ2v) is 4.47. The van der Waals surface area contributed by atoms with Crippen molar-refractivity contribution in [2.24, 2.45) is 0 Å². The van der Waals surface area contributed by atoms with E-state index >= 15 is 0 Å². The number of carbonyl (C=O) groups is 2. The molecule has 2 aromatic rings. The highest BCUT2D eigenvalue weighted by molar-refractivity contribution is 6.00. The lowest BCUT2D eigenvalue weighted by atomic mass is 10.2. The Hall–Kier alpha value is -2.96. The Morgan fingerprint density at radius 2 is 1.27 bits per heavy atom. The van der Waals surface area contributed by atoms with E-state index in [9.17, 15) is 18.4 Å². The van der Waals surface area contributed by atoms with E-state index in [1.165, 1.54) is 13.0 Å². The summed E-state index contributed by atoms with van der Waals surface area (Å²) >= 11 is 0. The first-order chi connectivity index (χ1) is 10.4. The fourth-order valence-electron chi connectivity index (χ4n) is 1.71. The number of hydrogen-bond acceptors (Lipinski definition) is 2. The third-order valence-corrected chi connectivity index (χ3v) is 2.64. The minimum atomic E-state index is -1.04. The first kappa shape index (κ1) is 15.4. The van der Waals surface area contributed by atoms with Crippen LogP contribution in [0, 0.1) is 11.6 Å². The fourth-order valence-corrected chi connectivity index (χ4v) is 1.71. The summed E-state index contributed by atoms with van der Waals surface area (Å²) in [6.07, 6.45) is 0. The monoisotopic (exact) mass is 305 g/mol. The van der Waals surface area contributed by atoms with Crippen LogP contribution in [0.25, 0.3) is 0 Å². The fraction of sp³-hybridized carbons (Fsp3) is 0.0667. The highest BCUT2D eigenvalue weighted by Crippen LogP contribution is 2.16. The molecule has 3 amide bonds. The summed E-state index contributed by atoms with van der Waals surface area (Å²) in [5.74, 6) is -2.23. The Morgan fingerprint density at radius 3 is 1.82 bits per heavy atom. The maximum absolute atomic E-state index is 13.0. The number of rotatable bonds is 3. The van der Waals surface area contributed by atoms with E-state index in [4.69, 9.17) is 0 Å². The van der Waals surface area contributed by atoms with Crippen LogP contribution in [0.3, 0.4) is 0 Å². The van der Waals surface area contributed by atoms with Gasteiger partial charge in [0.05, 0.1) is 0 Å². The number of carbonyl (C=O) groups excluding carboxylic acids is 2. The average molecular weight is 305 g/mol. The molecule has 0 saturated heterocycles. The zero-order valence-corrected chi connectivity index (χ0v) is 11.6. The molecule has 0 saturated carbocycles. The van der Waals surface area contributed by atoms with Crippen LogP contribution in [0.1, 0.15) is 6.92 Å². The molecule has 0 aliphatic heterocycles. The van der Waals surface area contributed by atoms with Gasteiger partial charge in [0.2, 0.25) is 5.91 Å². The molecule has 0 aliphatic carbocycles. The van der Waals surface area contributed by atoms with Crippen molar-refractivity contribution < 1.29 is 18.4 Å². The molecule has 0 aromatic heterocycles. The highest BCUT2D eigenvalue weighted by Gasteiger charge is 2.06. The molecular formula is C15H13F2N3O2. The number of anilines is 3. The van der Waals surface area contributed by atoms with Crippen LogP contribution < -0.4 is 16.0 Å². The molecule has 0 fully saturated rings. The standard InChI is InChI=1S/C15H13F2N3O2/c1-9(21)18-10-2-4-11(5-3-10)19-15(22)20-12-6-7-13(16)14(17)8-12/h2-8H,1H3,(H,18,21)(H2,19,20,22). The zero-order valence-electron chi connectivity index (χ0n) is 11.6. The molecule has 5 nitrogen and oxygen atoms in total. The Morgan fingerprint density at radius 1 is 0.773 bits per heavy atom. The predicted octanol–water partition coefficient (Wildman–Crippen LogP) is 3.57. The highest BCUT2D eigenvalue weighted by atomic mass is 19.2. The quantitative estimate of drug-likeness (QED) is 0.811. The molecule has 3 N–H and O–H groups in total. The molecule has 2 rings (SSSR count). The number of urea groups is 1. The van der Waals surface area contributed by atoms with Crippen molar-refractivity contribution in [2.75, 3.05) is 16.0 Å². The van der Waals surface area contributed by atoms with Gasteiger partial charge in [0.25, 0.3) is 0 Å². The van der Waals surface area contributed by atoms with Crippen LogP contribution in [0.2, 0.25) is 0 Å². The van der Waals surface area contributed by atoms with E-state index in [-0.39, 0.29) is 11.6 Å². The summed E-state index contributed by atoms with van der Waals surface area (Å²) in [5.41, 5.74) is 1.21. The molecular weight excluding hydrogens is 292 g/mol. The summed E-state index contributed by atoms with van der Waals surface area (Å²) in [6, 6.07) is 8.88. The van der Waals surface area contributed by atoms with E-state index in [0.29, 0.717) is 11.4 Å². The van der Waals surface area contributed by atoms with Gasteiger partial charge < -0.3 is 16.0 Å². The van der Waals surface area contributed by atoms with Crippen LogP contribution in [-0.2, 0) is 4.79 Å². The Balaban J connectivity index is 1.96. The van der Waals surface area contributed by atoms with Crippen LogP contribution >= 0.6 is 0 Å². The van der Waals surface area contributed by atoms with E-state index in [1.54, 1.807) is 24.3 Å². The third kappa shape index (κ3) is 4.27. The number of hydrogen-bond donors (Lipinski definition) is 3. The third-order valence-electron chi connectivity index (χ3n) is 2.64. The molecule has 0 aliphatic rings. The van der Waals surface area contributed by atoms with Gasteiger partial charge in [-0.2, -0.15) is 0 Å². The lowest BCUT2D eigenvalue weighted by Gasteiger charge is -2.09. The minimum Gasteiger partial charge on any atom is -0.326 e. The average Bonchev–Trinajstić information content (AvgIpc) is 2.44. The van der Waals surface area contributed by atoms with Crippen molar-refractivity contribution in [2.45, 2.75) is 6.92 Å². The van der Waals surface area contributed by atoms with Crippen molar-refractivity contribution in [1.82, 2.24) is 0 Å². The number of nitrogens with one attached hydrogen (secondary N) is 3. The largest absolute Gasteiger partial charge is 0.326 e.